The molecule has 1 aromatic heterocycles. The smallest absolute Gasteiger partial charge is 0.241 e. The van der Waals surface area contributed by atoms with E-state index in [4.69, 9.17) is 33.4 Å². The molecule has 2 aromatic rings. The SMILES string of the molecule is [C-]#[N+]C1=C(N)Oc2n[nH]c(C3=CC=CC3)c2C1c1ccc(OC)c(Cl)c1. The first-order valence-electron chi connectivity index (χ1n) is 7.96. The first-order valence-corrected chi connectivity index (χ1v) is 8.34. The molecule has 6 nitrogen and oxygen atoms in total. The van der Waals surface area contributed by atoms with Gasteiger partial charge >= 0.3 is 0 Å². The summed E-state index contributed by atoms with van der Waals surface area (Å²) >= 11 is 6.32. The van der Waals surface area contributed by atoms with Crippen LogP contribution in [0.25, 0.3) is 10.4 Å². The van der Waals surface area contributed by atoms with Crippen molar-refractivity contribution in [3.05, 3.63) is 81.3 Å². The van der Waals surface area contributed by atoms with Gasteiger partial charge in [0.1, 0.15) is 5.75 Å². The molecule has 1 atom stereocenters. The zero-order valence-electron chi connectivity index (χ0n) is 13.9. The van der Waals surface area contributed by atoms with E-state index < -0.39 is 5.92 Å². The third kappa shape index (κ3) is 2.45. The summed E-state index contributed by atoms with van der Waals surface area (Å²) in [5.74, 6) is 0.588. The van der Waals surface area contributed by atoms with Crippen molar-refractivity contribution in [3.63, 3.8) is 0 Å². The Hall–Kier alpha value is -3.17. The van der Waals surface area contributed by atoms with E-state index in [0.29, 0.717) is 22.3 Å². The Morgan fingerprint density at radius 3 is 2.96 bits per heavy atom. The fourth-order valence-corrected chi connectivity index (χ4v) is 3.57. The van der Waals surface area contributed by atoms with Gasteiger partial charge in [-0.1, -0.05) is 35.9 Å². The molecule has 130 valence electrons. The number of halogens is 1. The van der Waals surface area contributed by atoms with Gasteiger partial charge in [-0.3, -0.25) is 5.10 Å². The minimum atomic E-state index is -0.421. The van der Waals surface area contributed by atoms with Gasteiger partial charge in [-0.25, -0.2) is 4.85 Å². The summed E-state index contributed by atoms with van der Waals surface area (Å²) in [4.78, 5) is 3.63. The Labute approximate surface area is 155 Å². The number of hydrogen-bond donors (Lipinski definition) is 2. The second-order valence-electron chi connectivity index (χ2n) is 5.93. The molecule has 0 spiro atoms. The molecule has 0 radical (unpaired) electrons. The van der Waals surface area contributed by atoms with Gasteiger partial charge in [-0.15, -0.1) is 5.10 Å². The van der Waals surface area contributed by atoms with Gasteiger partial charge in [-0.05, 0) is 29.7 Å². The highest BCUT2D eigenvalue weighted by molar-refractivity contribution is 6.32. The van der Waals surface area contributed by atoms with Crippen molar-refractivity contribution in [1.82, 2.24) is 10.2 Å². The van der Waals surface area contributed by atoms with E-state index in [9.17, 15) is 0 Å². The van der Waals surface area contributed by atoms with Gasteiger partial charge in [0.05, 0.1) is 30.3 Å². The molecule has 1 unspecified atom stereocenters. The molecule has 26 heavy (non-hydrogen) atoms. The van der Waals surface area contributed by atoms with Crippen LogP contribution in [0.5, 0.6) is 11.6 Å². The molecule has 7 heteroatoms. The summed E-state index contributed by atoms with van der Waals surface area (Å²) in [6.07, 6.45) is 6.86. The molecule has 4 rings (SSSR count). The summed E-state index contributed by atoms with van der Waals surface area (Å²) in [6, 6.07) is 5.44. The minimum Gasteiger partial charge on any atom is -0.495 e. The normalized spacial score (nSPS) is 18.2. The maximum absolute atomic E-state index is 7.61. The molecular weight excluding hydrogens is 352 g/mol. The van der Waals surface area contributed by atoms with E-state index in [-0.39, 0.29) is 5.88 Å². The van der Waals surface area contributed by atoms with Crippen molar-refractivity contribution in [1.29, 1.82) is 0 Å². The van der Waals surface area contributed by atoms with Gasteiger partial charge in [-0.2, -0.15) is 0 Å². The highest BCUT2D eigenvalue weighted by atomic mass is 35.5. The number of hydrogen-bond acceptors (Lipinski definition) is 4. The molecule has 1 aliphatic heterocycles. The van der Waals surface area contributed by atoms with Crippen LogP contribution in [0.3, 0.4) is 0 Å². The van der Waals surface area contributed by atoms with Crippen molar-refractivity contribution < 1.29 is 9.47 Å². The maximum Gasteiger partial charge on any atom is 0.241 e. The van der Waals surface area contributed by atoms with Crippen LogP contribution in [0.2, 0.25) is 5.02 Å². The average molecular weight is 367 g/mol. The van der Waals surface area contributed by atoms with E-state index in [1.807, 2.05) is 18.2 Å². The quantitative estimate of drug-likeness (QED) is 0.805. The monoisotopic (exact) mass is 366 g/mol. The Kier molecular flexibility index (Phi) is 3.94. The number of aromatic nitrogens is 2. The molecule has 0 saturated carbocycles. The highest BCUT2D eigenvalue weighted by Crippen LogP contribution is 2.46. The van der Waals surface area contributed by atoms with Crippen LogP contribution >= 0.6 is 11.6 Å². The molecular formula is C19H15ClN4O2. The number of ether oxygens (including phenoxy) is 2. The molecule has 0 amide bonds. The number of nitrogens with one attached hydrogen (secondary N) is 1. The van der Waals surface area contributed by atoms with E-state index in [1.165, 1.54) is 0 Å². The summed E-state index contributed by atoms with van der Waals surface area (Å²) in [5.41, 5.74) is 9.85. The van der Waals surface area contributed by atoms with E-state index in [1.54, 1.807) is 19.2 Å². The van der Waals surface area contributed by atoms with Crippen LogP contribution in [0.1, 0.15) is 29.2 Å². The Balaban J connectivity index is 1.91. The van der Waals surface area contributed by atoms with Gasteiger partial charge in [0.2, 0.25) is 11.6 Å². The lowest BCUT2D eigenvalue weighted by molar-refractivity contribution is 0.378. The highest BCUT2D eigenvalue weighted by Gasteiger charge is 2.36. The van der Waals surface area contributed by atoms with Gasteiger partial charge < -0.3 is 15.2 Å². The number of benzene rings is 1. The van der Waals surface area contributed by atoms with Crippen LogP contribution in [0.15, 0.2) is 48.0 Å². The zero-order chi connectivity index (χ0) is 18.3. The number of fused-ring (bicyclic) bond motifs is 1. The van der Waals surface area contributed by atoms with Crippen LogP contribution in [-0.4, -0.2) is 17.3 Å². The molecule has 0 saturated heterocycles. The minimum absolute atomic E-state index is 0.0565. The lowest BCUT2D eigenvalue weighted by Crippen LogP contribution is -2.20. The number of methoxy groups -OCH3 is 1. The van der Waals surface area contributed by atoms with Crippen LogP contribution < -0.4 is 15.2 Å². The third-order valence-electron chi connectivity index (χ3n) is 4.51. The molecule has 0 bridgehead atoms. The van der Waals surface area contributed by atoms with Crippen LogP contribution in [0, 0.1) is 6.57 Å². The number of aromatic amines is 1. The average Bonchev–Trinajstić information content (AvgIpc) is 3.29. The van der Waals surface area contributed by atoms with E-state index >= 15 is 0 Å². The van der Waals surface area contributed by atoms with Crippen molar-refractivity contribution in [2.24, 2.45) is 5.73 Å². The number of nitrogens with two attached hydrogens (primary N) is 1. The molecule has 3 N–H and O–H groups in total. The molecule has 2 heterocycles. The number of rotatable bonds is 3. The summed E-state index contributed by atoms with van der Waals surface area (Å²) in [5, 5.41) is 7.76. The van der Waals surface area contributed by atoms with Gasteiger partial charge in [0.15, 0.2) is 5.88 Å². The Morgan fingerprint density at radius 1 is 1.46 bits per heavy atom. The number of H-pyrrole nitrogens is 1. The molecule has 2 aliphatic rings. The van der Waals surface area contributed by atoms with E-state index in [2.05, 4.69) is 21.1 Å². The zero-order valence-corrected chi connectivity index (χ0v) is 14.7. The van der Waals surface area contributed by atoms with Gasteiger partial charge in [0.25, 0.3) is 0 Å². The molecule has 0 fully saturated rings. The summed E-state index contributed by atoms with van der Waals surface area (Å²) in [6.45, 7) is 7.61. The van der Waals surface area contributed by atoms with Crippen molar-refractivity contribution in [2.75, 3.05) is 7.11 Å². The van der Waals surface area contributed by atoms with Crippen molar-refractivity contribution >= 4 is 17.2 Å². The number of allylic oxidation sites excluding steroid dienone is 5. The lowest BCUT2D eigenvalue weighted by atomic mass is 9.85. The second-order valence-corrected chi connectivity index (χ2v) is 6.34. The summed E-state index contributed by atoms with van der Waals surface area (Å²) in [7, 11) is 1.56. The fraction of sp³-hybridized carbons (Fsp3) is 0.158. The van der Waals surface area contributed by atoms with Gasteiger partial charge in [0, 0.05) is 5.56 Å². The number of nitrogens with zero attached hydrogens (tertiary/aromatic N) is 2. The fourth-order valence-electron chi connectivity index (χ4n) is 3.30. The standard InChI is InChI=1S/C19H15ClN4O2/c1-22-17-14(11-7-8-13(25-2)12(20)9-11)15-16(10-5-3-4-6-10)23-24-19(15)26-18(17)21/h3-5,7-9,14H,6,21H2,2H3,(H,23,24). The predicted octanol–water partition coefficient (Wildman–Crippen LogP) is 3.99. The lowest BCUT2D eigenvalue weighted by Gasteiger charge is -2.24. The first-order chi connectivity index (χ1) is 12.6. The Morgan fingerprint density at radius 2 is 2.31 bits per heavy atom. The predicted molar refractivity (Wildman–Crippen MR) is 98.6 cm³/mol. The molecule has 1 aliphatic carbocycles. The topological polar surface area (TPSA) is 77.5 Å². The largest absolute Gasteiger partial charge is 0.495 e. The second kappa shape index (κ2) is 6.28. The van der Waals surface area contributed by atoms with Crippen molar-refractivity contribution in [3.8, 4) is 11.6 Å². The molecule has 1 aromatic carbocycles. The summed E-state index contributed by atoms with van der Waals surface area (Å²) < 4.78 is 10.8. The van der Waals surface area contributed by atoms with E-state index in [0.717, 1.165) is 28.8 Å². The van der Waals surface area contributed by atoms with Crippen LogP contribution in [0.4, 0.5) is 0 Å². The maximum atomic E-state index is 7.61. The van der Waals surface area contributed by atoms with Crippen LogP contribution in [-0.2, 0) is 0 Å². The van der Waals surface area contributed by atoms with Crippen molar-refractivity contribution in [2.45, 2.75) is 12.3 Å². The third-order valence-corrected chi connectivity index (χ3v) is 4.81. The first kappa shape index (κ1) is 16.3. The Bertz CT molecular complexity index is 1030.